The van der Waals surface area contributed by atoms with Crippen LogP contribution in [-0.2, 0) is 6.61 Å². The van der Waals surface area contributed by atoms with Crippen molar-refractivity contribution < 1.29 is 28.2 Å². The van der Waals surface area contributed by atoms with Gasteiger partial charge in [-0.15, -0.1) is 0 Å². The van der Waals surface area contributed by atoms with Crippen molar-refractivity contribution in [1.82, 2.24) is 10.3 Å². The number of carbonyl (C=O) groups excluding carboxylic acids is 1. The number of nitrogen functional groups attached to an aromatic ring is 1. The normalized spacial score (nSPS) is 12.5. The van der Waals surface area contributed by atoms with Crippen LogP contribution in [0.25, 0.3) is 0 Å². The molecule has 1 aromatic carbocycles. The number of benzene rings is 1. The first kappa shape index (κ1) is 23.1. The summed E-state index contributed by atoms with van der Waals surface area (Å²) in [6.45, 7) is 2.12. The van der Waals surface area contributed by atoms with Crippen molar-refractivity contribution >= 4 is 23.2 Å². The van der Waals surface area contributed by atoms with Crippen molar-refractivity contribution in [3.8, 4) is 0 Å². The second-order valence-electron chi connectivity index (χ2n) is 7.03. The number of halogens is 3. The van der Waals surface area contributed by atoms with Crippen molar-refractivity contribution in [2.24, 2.45) is 0 Å². The summed E-state index contributed by atoms with van der Waals surface area (Å²) in [5, 5.41) is 32.1. The highest BCUT2D eigenvalue weighted by Gasteiger charge is 2.30. The maximum Gasteiger partial charge on any atom is 0.320 e. The second kappa shape index (κ2) is 9.09. The predicted octanol–water partition coefficient (Wildman–Crippen LogP) is 2.56. The highest BCUT2D eigenvalue weighted by Crippen LogP contribution is 2.27. The van der Waals surface area contributed by atoms with Crippen LogP contribution < -0.4 is 16.4 Å². The van der Waals surface area contributed by atoms with E-state index in [-0.39, 0.29) is 17.2 Å². The van der Waals surface area contributed by atoms with Gasteiger partial charge in [0, 0.05) is 17.3 Å². The second-order valence-corrected chi connectivity index (χ2v) is 7.03. The summed E-state index contributed by atoms with van der Waals surface area (Å²) in [5.74, 6) is -0.642. The van der Waals surface area contributed by atoms with E-state index in [4.69, 9.17) is 11.1 Å². The molecule has 1 aromatic heterocycles. The molecule has 1 atom stereocenters. The zero-order valence-electron chi connectivity index (χ0n) is 16.2. The van der Waals surface area contributed by atoms with Crippen molar-refractivity contribution in [2.75, 3.05) is 11.1 Å². The lowest BCUT2D eigenvalue weighted by molar-refractivity contribution is 0.0415. The van der Waals surface area contributed by atoms with E-state index in [1.54, 1.807) is 0 Å². The van der Waals surface area contributed by atoms with Crippen molar-refractivity contribution in [2.45, 2.75) is 38.5 Å². The van der Waals surface area contributed by atoms with Gasteiger partial charge in [-0.05, 0) is 31.5 Å². The Morgan fingerprint density at radius 1 is 1.30 bits per heavy atom. The molecule has 162 valence electrons. The molecule has 8 nitrogen and oxygen atoms in total. The Hall–Kier alpha value is -3.18. The number of nitrogens with one attached hydrogen (secondary N) is 3. The first-order valence-corrected chi connectivity index (χ1v) is 8.76. The number of aliphatic hydroxyl groups is 2. The van der Waals surface area contributed by atoms with Gasteiger partial charge in [0.15, 0.2) is 0 Å². The van der Waals surface area contributed by atoms with Gasteiger partial charge in [-0.25, -0.2) is 22.9 Å². The Kier molecular flexibility index (Phi) is 7.00. The molecule has 0 aliphatic carbocycles. The Labute approximate surface area is 170 Å². The van der Waals surface area contributed by atoms with Gasteiger partial charge >= 0.3 is 6.03 Å². The Balaban J connectivity index is 2.26. The fraction of sp³-hybridized carbons (Fsp3) is 0.316. The van der Waals surface area contributed by atoms with Crippen LogP contribution in [0.2, 0.25) is 0 Å². The average molecular weight is 425 g/mol. The first-order valence-electron chi connectivity index (χ1n) is 8.76. The first-order chi connectivity index (χ1) is 13.9. The van der Waals surface area contributed by atoms with Crippen molar-refractivity contribution in [1.29, 1.82) is 5.41 Å². The van der Waals surface area contributed by atoms with Crippen LogP contribution >= 0.6 is 0 Å². The van der Waals surface area contributed by atoms with E-state index >= 15 is 0 Å². The summed E-state index contributed by atoms with van der Waals surface area (Å²) >= 11 is 0. The quantitative estimate of drug-likeness (QED) is 0.378. The minimum atomic E-state index is -3.12. The minimum absolute atomic E-state index is 0.159. The Morgan fingerprint density at radius 3 is 2.40 bits per heavy atom. The minimum Gasteiger partial charge on any atom is -0.398 e. The number of nitrogens with two attached hydrogens (primary N) is 1. The van der Waals surface area contributed by atoms with E-state index in [9.17, 15) is 28.2 Å². The van der Waals surface area contributed by atoms with Gasteiger partial charge < -0.3 is 21.3 Å². The summed E-state index contributed by atoms with van der Waals surface area (Å²) in [6.07, 6.45) is -3.12. The molecule has 0 saturated heterocycles. The molecule has 2 amide bonds. The lowest BCUT2D eigenvalue weighted by Gasteiger charge is -2.30. The number of alkyl halides is 2. The lowest BCUT2D eigenvalue weighted by atomic mass is 9.92. The molecule has 2 aromatic rings. The lowest BCUT2D eigenvalue weighted by Crippen LogP contribution is -2.44. The van der Waals surface area contributed by atoms with Crippen molar-refractivity contribution in [3.05, 3.63) is 53.0 Å². The number of hydrogen-bond donors (Lipinski definition) is 6. The van der Waals surface area contributed by atoms with E-state index in [1.807, 2.05) is 0 Å². The van der Waals surface area contributed by atoms with Gasteiger partial charge in [0.1, 0.15) is 17.3 Å². The standard InChI is InChI=1S/C19H22F3N5O3/c1-19(2,30)16(9-3-5-10(20)6-4-9)27-18(29)26-13-7-11(23)14(12(8-28)25-13)15(24)17(21)22/h3-7,16-17,24,28,30H,8H2,1-2H3,(H4,23,25,26,27,29). The molecule has 0 aliphatic rings. The number of pyridine rings is 1. The number of carbonyl (C=O) groups is 1. The molecule has 0 radical (unpaired) electrons. The van der Waals surface area contributed by atoms with Crippen LogP contribution in [0.1, 0.15) is 36.7 Å². The van der Waals surface area contributed by atoms with E-state index < -0.39 is 47.8 Å². The van der Waals surface area contributed by atoms with Crippen LogP contribution in [0.3, 0.4) is 0 Å². The van der Waals surface area contributed by atoms with Gasteiger partial charge in [-0.2, -0.15) is 0 Å². The van der Waals surface area contributed by atoms with Gasteiger partial charge in [0.25, 0.3) is 6.43 Å². The largest absolute Gasteiger partial charge is 0.398 e. The molecule has 11 heteroatoms. The fourth-order valence-electron chi connectivity index (χ4n) is 2.82. The number of rotatable bonds is 7. The summed E-state index contributed by atoms with van der Waals surface area (Å²) in [5.41, 5.74) is 2.66. The van der Waals surface area contributed by atoms with Crippen LogP contribution in [0.4, 0.5) is 29.5 Å². The number of nitrogens with zero attached hydrogens (tertiary/aromatic N) is 1. The third-order valence-electron chi connectivity index (χ3n) is 4.19. The van der Waals surface area contributed by atoms with E-state index in [0.29, 0.717) is 5.56 Å². The van der Waals surface area contributed by atoms with E-state index in [2.05, 4.69) is 15.6 Å². The summed E-state index contributed by atoms with van der Waals surface area (Å²) < 4.78 is 38.9. The maximum atomic E-state index is 13.2. The van der Waals surface area contributed by atoms with Gasteiger partial charge in [0.2, 0.25) is 0 Å². The average Bonchev–Trinajstić information content (AvgIpc) is 2.65. The summed E-state index contributed by atoms with van der Waals surface area (Å²) in [6, 6.07) is 4.49. The molecule has 30 heavy (non-hydrogen) atoms. The van der Waals surface area contributed by atoms with Crippen LogP contribution in [-0.4, -0.2) is 39.0 Å². The zero-order valence-corrected chi connectivity index (χ0v) is 16.2. The van der Waals surface area contributed by atoms with Crippen LogP contribution in [0.5, 0.6) is 0 Å². The summed E-state index contributed by atoms with van der Waals surface area (Å²) in [4.78, 5) is 16.3. The molecular formula is C19H22F3N5O3. The number of amides is 2. The molecule has 0 aliphatic heterocycles. The van der Waals surface area contributed by atoms with E-state index in [1.165, 1.54) is 38.1 Å². The molecule has 1 unspecified atom stereocenters. The highest BCUT2D eigenvalue weighted by atomic mass is 19.3. The van der Waals surface area contributed by atoms with Gasteiger partial charge in [-0.3, -0.25) is 10.7 Å². The number of aromatic nitrogens is 1. The molecular weight excluding hydrogens is 403 g/mol. The number of anilines is 2. The SMILES string of the molecule is CC(C)(O)C(NC(=O)Nc1cc(N)c(C(=N)C(F)F)c(CO)n1)c1ccc(F)cc1. The molecule has 7 N–H and O–H groups in total. The Morgan fingerprint density at radius 2 is 1.90 bits per heavy atom. The summed E-state index contributed by atoms with van der Waals surface area (Å²) in [7, 11) is 0. The molecule has 1 heterocycles. The molecule has 2 rings (SSSR count). The van der Waals surface area contributed by atoms with Crippen LogP contribution in [0, 0.1) is 11.2 Å². The molecule has 0 bridgehead atoms. The highest BCUT2D eigenvalue weighted by molar-refractivity contribution is 6.06. The number of urea groups is 1. The van der Waals surface area contributed by atoms with Gasteiger partial charge in [-0.1, -0.05) is 12.1 Å². The molecule has 0 fully saturated rings. The third kappa shape index (κ3) is 5.45. The zero-order chi connectivity index (χ0) is 22.6. The topological polar surface area (TPSA) is 144 Å². The monoisotopic (exact) mass is 425 g/mol. The van der Waals surface area contributed by atoms with Gasteiger partial charge in [0.05, 0.1) is 23.9 Å². The fourth-order valence-corrected chi connectivity index (χ4v) is 2.82. The van der Waals surface area contributed by atoms with Crippen molar-refractivity contribution in [3.63, 3.8) is 0 Å². The third-order valence-corrected chi connectivity index (χ3v) is 4.19. The molecule has 0 spiro atoms. The molecule has 0 saturated carbocycles. The number of aliphatic hydroxyl groups excluding tert-OH is 1. The smallest absolute Gasteiger partial charge is 0.320 e. The Bertz CT molecular complexity index is 930. The maximum absolute atomic E-state index is 13.2. The predicted molar refractivity (Wildman–Crippen MR) is 105 cm³/mol. The van der Waals surface area contributed by atoms with E-state index in [0.717, 1.165) is 6.07 Å². The number of hydrogen-bond acceptors (Lipinski definition) is 6. The van der Waals surface area contributed by atoms with Crippen LogP contribution in [0.15, 0.2) is 30.3 Å².